The molecule has 2 aromatic rings. The third-order valence-electron chi connectivity index (χ3n) is 9.12. The Balaban J connectivity index is 0.00000110. The number of anilines is 3. The van der Waals surface area contributed by atoms with Crippen molar-refractivity contribution in [2.75, 3.05) is 68.0 Å². The van der Waals surface area contributed by atoms with Gasteiger partial charge in [0, 0.05) is 52.6 Å². The third-order valence-corrected chi connectivity index (χ3v) is 9.12. The van der Waals surface area contributed by atoms with Crippen molar-refractivity contribution in [3.05, 3.63) is 29.2 Å². The lowest BCUT2D eigenvalue weighted by Crippen LogP contribution is -2.56. The van der Waals surface area contributed by atoms with Gasteiger partial charge in [0.1, 0.15) is 11.3 Å². The minimum Gasteiger partial charge on any atom is -0.483 e. The van der Waals surface area contributed by atoms with E-state index in [4.69, 9.17) is 19.4 Å². The van der Waals surface area contributed by atoms with Gasteiger partial charge in [-0.05, 0) is 42.7 Å². The number of aromatic nitrogens is 2. The monoisotopic (exact) mass is 610 g/mol. The highest BCUT2D eigenvalue weighted by atomic mass is 19.1. The first-order chi connectivity index (χ1) is 21.2. The zero-order valence-corrected chi connectivity index (χ0v) is 24.4. The predicted octanol–water partition coefficient (Wildman–Crippen LogP) is 1.59. The smallest absolute Gasteiger partial charge is 0.416 e. The Labute approximate surface area is 253 Å². The SMILES string of the molecule is C=Nc1c(N(C)C2CNC2)cc2c(c1F)CC(CN1CCC3(CC1)CN(c1cnc4c(n1)NC(=O)CO4)C(=O)O3)C2.O=CO. The van der Waals surface area contributed by atoms with Gasteiger partial charge in [-0.1, -0.05) is 0 Å². The van der Waals surface area contributed by atoms with Crippen molar-refractivity contribution in [1.82, 2.24) is 20.2 Å². The van der Waals surface area contributed by atoms with Crippen molar-refractivity contribution >= 4 is 48.2 Å². The maximum Gasteiger partial charge on any atom is 0.416 e. The number of carboxylic acid groups (broad SMARTS) is 1. The van der Waals surface area contributed by atoms with E-state index in [1.807, 2.05) is 7.05 Å². The number of benzene rings is 1. The molecule has 3 N–H and O–H groups in total. The summed E-state index contributed by atoms with van der Waals surface area (Å²) in [6.07, 6.45) is 3.88. The van der Waals surface area contributed by atoms with Crippen LogP contribution in [0.4, 0.5) is 32.2 Å². The molecule has 5 heterocycles. The zero-order valence-electron chi connectivity index (χ0n) is 24.4. The number of fused-ring (bicyclic) bond motifs is 2. The number of likely N-dealkylation sites (tertiary alicyclic amines) is 1. The minimum atomic E-state index is -0.601. The lowest BCUT2D eigenvalue weighted by molar-refractivity contribution is -0.123. The Morgan fingerprint density at radius 3 is 2.73 bits per heavy atom. The average Bonchev–Trinajstić information content (AvgIpc) is 3.53. The number of rotatable bonds is 6. The summed E-state index contributed by atoms with van der Waals surface area (Å²) in [5, 5.41) is 12.8. The van der Waals surface area contributed by atoms with Crippen molar-refractivity contribution in [1.29, 1.82) is 0 Å². The molecule has 1 atom stereocenters. The second-order valence-corrected chi connectivity index (χ2v) is 11.8. The molecule has 3 saturated heterocycles. The Hall–Kier alpha value is -4.37. The summed E-state index contributed by atoms with van der Waals surface area (Å²) in [5.41, 5.74) is 2.40. The lowest BCUT2D eigenvalue weighted by Gasteiger charge is -2.38. The number of carbonyl (C=O) groups excluding carboxylic acids is 2. The van der Waals surface area contributed by atoms with Gasteiger partial charge < -0.3 is 35.0 Å². The molecule has 7 rings (SSSR count). The summed E-state index contributed by atoms with van der Waals surface area (Å²) >= 11 is 0. The number of amides is 2. The summed E-state index contributed by atoms with van der Waals surface area (Å²) in [6.45, 7) is 7.83. The van der Waals surface area contributed by atoms with Crippen LogP contribution in [0.2, 0.25) is 0 Å². The normalized spacial score (nSPS) is 22.0. The van der Waals surface area contributed by atoms with Crippen LogP contribution in [0, 0.1) is 11.7 Å². The molecule has 44 heavy (non-hydrogen) atoms. The van der Waals surface area contributed by atoms with Crippen LogP contribution in [0.15, 0.2) is 17.3 Å². The standard InChI is InChI=1S/C28H33FN8O4.CH2O2/c1-30-24-20(35(2)18-10-31-11-18)9-17-7-16(8-19(17)23(24)29)13-36-5-3-28(4-6-36)15-37(27(39)41-28)21-12-32-26-25(33-21)34-22(38)14-40-26;2-1-3/h9,12,16,18,31H,1,3-8,10-11,13-15H2,2H3,(H,33,34,38);1H,(H,2,3). The summed E-state index contributed by atoms with van der Waals surface area (Å²) in [4.78, 5) is 51.5. The van der Waals surface area contributed by atoms with Crippen LogP contribution < -0.4 is 25.2 Å². The molecule has 14 nitrogen and oxygen atoms in total. The van der Waals surface area contributed by atoms with E-state index < -0.39 is 11.7 Å². The van der Waals surface area contributed by atoms with Gasteiger partial charge in [0.2, 0.25) is 0 Å². The minimum absolute atomic E-state index is 0.113. The van der Waals surface area contributed by atoms with Crippen LogP contribution in [0.25, 0.3) is 0 Å². The van der Waals surface area contributed by atoms with Crippen LogP contribution >= 0.6 is 0 Å². The van der Waals surface area contributed by atoms with Crippen molar-refractivity contribution < 1.29 is 33.4 Å². The fourth-order valence-corrected chi connectivity index (χ4v) is 6.64. The molecule has 0 saturated carbocycles. The molecular weight excluding hydrogens is 575 g/mol. The molecule has 5 aliphatic rings. The van der Waals surface area contributed by atoms with E-state index in [0.29, 0.717) is 49.3 Å². The molecule has 1 spiro atoms. The molecule has 15 heteroatoms. The summed E-state index contributed by atoms with van der Waals surface area (Å²) < 4.78 is 26.7. The number of hydrogen-bond acceptors (Lipinski definition) is 11. The highest BCUT2D eigenvalue weighted by Crippen LogP contribution is 2.42. The van der Waals surface area contributed by atoms with Gasteiger partial charge in [-0.2, -0.15) is 0 Å². The molecule has 1 aliphatic carbocycles. The summed E-state index contributed by atoms with van der Waals surface area (Å²) in [6, 6.07) is 2.44. The molecule has 0 bridgehead atoms. The van der Waals surface area contributed by atoms with E-state index in [2.05, 4.69) is 48.2 Å². The number of halogens is 1. The largest absolute Gasteiger partial charge is 0.483 e. The summed E-state index contributed by atoms with van der Waals surface area (Å²) in [5.74, 6) is 0.502. The van der Waals surface area contributed by atoms with Gasteiger partial charge in [0.15, 0.2) is 24.1 Å². The predicted molar refractivity (Wildman–Crippen MR) is 159 cm³/mol. The Morgan fingerprint density at radius 1 is 1.30 bits per heavy atom. The fraction of sp³-hybridized carbons (Fsp3) is 0.517. The van der Waals surface area contributed by atoms with E-state index in [9.17, 15) is 9.59 Å². The van der Waals surface area contributed by atoms with Gasteiger partial charge in [0.25, 0.3) is 18.3 Å². The first-order valence-corrected chi connectivity index (χ1v) is 14.6. The highest BCUT2D eigenvalue weighted by Gasteiger charge is 2.48. The first kappa shape index (κ1) is 29.7. The van der Waals surface area contributed by atoms with Gasteiger partial charge in [-0.25, -0.2) is 19.2 Å². The number of nitrogens with zero attached hydrogens (tertiary/aromatic N) is 6. The molecule has 1 aromatic carbocycles. The van der Waals surface area contributed by atoms with Crippen LogP contribution in [0.1, 0.15) is 24.0 Å². The molecule has 1 aromatic heterocycles. The van der Waals surface area contributed by atoms with Gasteiger partial charge in [0.05, 0.1) is 24.5 Å². The van der Waals surface area contributed by atoms with Crippen LogP contribution in [-0.4, -0.2) is 110 Å². The van der Waals surface area contributed by atoms with Crippen LogP contribution in [-0.2, 0) is 27.2 Å². The first-order valence-electron chi connectivity index (χ1n) is 14.6. The van der Waals surface area contributed by atoms with Gasteiger partial charge in [-0.15, -0.1) is 0 Å². The van der Waals surface area contributed by atoms with E-state index >= 15 is 4.39 Å². The van der Waals surface area contributed by atoms with Crippen molar-refractivity contribution in [3.63, 3.8) is 0 Å². The summed E-state index contributed by atoms with van der Waals surface area (Å²) in [7, 11) is 2.00. The molecule has 1 unspecified atom stereocenters. The third kappa shape index (κ3) is 5.52. The fourth-order valence-electron chi connectivity index (χ4n) is 6.64. The topological polar surface area (TPSA) is 162 Å². The number of piperidine rings is 1. The molecule has 3 fully saturated rings. The maximum atomic E-state index is 15.6. The van der Waals surface area contributed by atoms with Gasteiger partial charge >= 0.3 is 6.09 Å². The van der Waals surface area contributed by atoms with Crippen LogP contribution in [0.3, 0.4) is 0 Å². The average molecular weight is 611 g/mol. The maximum absolute atomic E-state index is 15.6. The van der Waals surface area contributed by atoms with E-state index in [0.717, 1.165) is 56.0 Å². The Kier molecular flexibility index (Phi) is 8.07. The lowest BCUT2D eigenvalue weighted by atomic mass is 9.90. The van der Waals surface area contributed by atoms with Gasteiger partial charge in [-0.3, -0.25) is 19.5 Å². The number of carbonyl (C=O) groups is 3. The molecule has 0 radical (unpaired) electrons. The molecule has 4 aliphatic heterocycles. The quantitative estimate of drug-likeness (QED) is 0.322. The molecule has 2 amide bonds. The van der Waals surface area contributed by atoms with E-state index in [1.54, 1.807) is 0 Å². The number of ether oxygens (including phenoxy) is 2. The van der Waals surface area contributed by atoms with Crippen molar-refractivity contribution in [2.24, 2.45) is 10.9 Å². The van der Waals surface area contributed by atoms with E-state index in [1.165, 1.54) is 11.1 Å². The Morgan fingerprint density at radius 2 is 2.05 bits per heavy atom. The van der Waals surface area contributed by atoms with Crippen molar-refractivity contribution in [3.8, 4) is 5.88 Å². The van der Waals surface area contributed by atoms with E-state index in [-0.39, 0.29) is 36.5 Å². The Bertz CT molecular complexity index is 1480. The number of likely N-dealkylation sites (N-methyl/N-ethyl adjacent to an activating group) is 1. The highest BCUT2D eigenvalue weighted by molar-refractivity contribution is 5.94. The second kappa shape index (κ2) is 12.0. The number of nitrogens with one attached hydrogen (secondary N) is 2. The number of hydrogen-bond donors (Lipinski definition) is 3. The van der Waals surface area contributed by atoms with Crippen LogP contribution in [0.5, 0.6) is 5.88 Å². The van der Waals surface area contributed by atoms with Crippen molar-refractivity contribution in [2.45, 2.75) is 37.3 Å². The second-order valence-electron chi connectivity index (χ2n) is 11.8. The molecular formula is C29H35FN8O6. The zero-order chi connectivity index (χ0) is 31.0. The molecule has 234 valence electrons. The number of aliphatic imine (C=N–C) groups is 1.